The van der Waals surface area contributed by atoms with E-state index in [0.717, 1.165) is 19.3 Å². The second-order valence-corrected chi connectivity index (χ2v) is 2.80. The number of hydrogen-bond acceptors (Lipinski definition) is 3. The maximum atomic E-state index is 9.16. The first kappa shape index (κ1) is 11.6. The van der Waals surface area contributed by atoms with E-state index in [1.54, 1.807) is 0 Å². The van der Waals surface area contributed by atoms with Crippen LogP contribution in [0.15, 0.2) is 12.7 Å². The van der Waals surface area contributed by atoms with Crippen molar-refractivity contribution < 1.29 is 14.9 Å². The predicted molar refractivity (Wildman–Crippen MR) is 47.5 cm³/mol. The normalized spacial score (nSPS) is 11.6. The summed E-state index contributed by atoms with van der Waals surface area (Å²) < 4.78 is 4.72. The lowest BCUT2D eigenvalue weighted by atomic mass is 10.2. The molecule has 0 bridgehead atoms. The van der Waals surface area contributed by atoms with E-state index >= 15 is 0 Å². The third kappa shape index (κ3) is 6.34. The molecule has 0 saturated carbocycles. The Morgan fingerprint density at radius 1 is 1.42 bits per heavy atom. The Hall–Kier alpha value is -0.380. The van der Waals surface area contributed by atoms with Crippen molar-refractivity contribution in [3.63, 3.8) is 0 Å². The standard InChI is InChI=1S/C9H18O3/c1-3-5-6-7-9(10,11)12-8-4-2/h4,10-11H,2-3,5-8H2,1H3. The van der Waals surface area contributed by atoms with Crippen LogP contribution in [0, 0.1) is 0 Å². The third-order valence-electron chi connectivity index (χ3n) is 1.54. The summed E-state index contributed by atoms with van der Waals surface area (Å²) in [5.41, 5.74) is 0. The molecular formula is C9H18O3. The largest absolute Gasteiger partial charge is 0.343 e. The first-order valence-electron chi connectivity index (χ1n) is 4.32. The van der Waals surface area contributed by atoms with Crippen LogP contribution >= 0.6 is 0 Å². The maximum absolute atomic E-state index is 9.16. The van der Waals surface area contributed by atoms with Gasteiger partial charge in [0.1, 0.15) is 0 Å². The van der Waals surface area contributed by atoms with Gasteiger partial charge in [0.15, 0.2) is 0 Å². The van der Waals surface area contributed by atoms with Gasteiger partial charge in [-0.2, -0.15) is 0 Å². The fourth-order valence-corrected chi connectivity index (χ4v) is 0.870. The van der Waals surface area contributed by atoms with Crippen molar-refractivity contribution in [3.8, 4) is 0 Å². The summed E-state index contributed by atoms with van der Waals surface area (Å²) in [6, 6.07) is 0. The smallest absolute Gasteiger partial charge is 0.278 e. The molecule has 0 spiro atoms. The Morgan fingerprint density at radius 3 is 2.58 bits per heavy atom. The number of aliphatic hydroxyl groups is 2. The van der Waals surface area contributed by atoms with E-state index < -0.39 is 5.97 Å². The Kier molecular flexibility index (Phi) is 5.98. The summed E-state index contributed by atoms with van der Waals surface area (Å²) in [5.74, 6) is -1.97. The first-order valence-corrected chi connectivity index (χ1v) is 4.32. The topological polar surface area (TPSA) is 49.7 Å². The van der Waals surface area contributed by atoms with Crippen molar-refractivity contribution in [1.82, 2.24) is 0 Å². The Labute approximate surface area is 73.7 Å². The summed E-state index contributed by atoms with van der Waals surface area (Å²) in [6.45, 7) is 5.64. The molecule has 0 aliphatic heterocycles. The van der Waals surface area contributed by atoms with Gasteiger partial charge in [0.2, 0.25) is 0 Å². The van der Waals surface area contributed by atoms with Crippen molar-refractivity contribution >= 4 is 0 Å². The lowest BCUT2D eigenvalue weighted by Gasteiger charge is -2.20. The number of unbranched alkanes of at least 4 members (excludes halogenated alkanes) is 2. The van der Waals surface area contributed by atoms with Gasteiger partial charge in [-0.15, -0.1) is 6.58 Å². The molecule has 0 unspecified atom stereocenters. The minimum Gasteiger partial charge on any atom is -0.343 e. The molecule has 0 saturated heterocycles. The van der Waals surface area contributed by atoms with Crippen molar-refractivity contribution in [2.75, 3.05) is 6.61 Å². The highest BCUT2D eigenvalue weighted by Crippen LogP contribution is 2.13. The first-order chi connectivity index (χ1) is 5.62. The van der Waals surface area contributed by atoms with Crippen LogP contribution in [0.4, 0.5) is 0 Å². The number of rotatable bonds is 7. The van der Waals surface area contributed by atoms with Crippen LogP contribution in [0.5, 0.6) is 0 Å². The van der Waals surface area contributed by atoms with E-state index in [1.807, 2.05) is 0 Å². The molecule has 3 heteroatoms. The van der Waals surface area contributed by atoms with Gasteiger partial charge in [-0.25, -0.2) is 0 Å². The molecule has 0 atom stereocenters. The predicted octanol–water partition coefficient (Wildman–Crippen LogP) is 1.41. The molecule has 0 aliphatic rings. The van der Waals surface area contributed by atoms with Crippen molar-refractivity contribution in [2.24, 2.45) is 0 Å². The average molecular weight is 174 g/mol. The van der Waals surface area contributed by atoms with Crippen LogP contribution in [0.1, 0.15) is 32.6 Å². The molecule has 0 heterocycles. The van der Waals surface area contributed by atoms with Crippen LogP contribution in [0.25, 0.3) is 0 Å². The van der Waals surface area contributed by atoms with Gasteiger partial charge in [-0.3, -0.25) is 0 Å². The van der Waals surface area contributed by atoms with Crippen molar-refractivity contribution in [2.45, 2.75) is 38.6 Å². The zero-order valence-electron chi connectivity index (χ0n) is 7.62. The van der Waals surface area contributed by atoms with Gasteiger partial charge in [0.05, 0.1) is 6.61 Å². The second-order valence-electron chi connectivity index (χ2n) is 2.80. The highest BCUT2D eigenvalue weighted by atomic mass is 16.8. The fraction of sp³-hybridized carbons (Fsp3) is 0.778. The molecule has 0 fully saturated rings. The van der Waals surface area contributed by atoms with Crippen LogP contribution in [-0.2, 0) is 4.74 Å². The Balaban J connectivity index is 3.48. The van der Waals surface area contributed by atoms with Crippen LogP contribution in [0.3, 0.4) is 0 Å². The lowest BCUT2D eigenvalue weighted by Crippen LogP contribution is -2.31. The summed E-state index contributed by atoms with van der Waals surface area (Å²) in [5, 5.41) is 18.3. The van der Waals surface area contributed by atoms with E-state index in [0.29, 0.717) is 0 Å². The summed E-state index contributed by atoms with van der Waals surface area (Å²) in [6.07, 6.45) is 4.55. The highest BCUT2D eigenvalue weighted by molar-refractivity contribution is 4.65. The van der Waals surface area contributed by atoms with E-state index in [1.165, 1.54) is 6.08 Å². The van der Waals surface area contributed by atoms with Crippen LogP contribution in [0.2, 0.25) is 0 Å². The second kappa shape index (κ2) is 6.17. The number of ether oxygens (including phenoxy) is 1. The van der Waals surface area contributed by atoms with Crippen molar-refractivity contribution in [1.29, 1.82) is 0 Å². The molecule has 72 valence electrons. The Morgan fingerprint density at radius 2 is 2.08 bits per heavy atom. The molecule has 12 heavy (non-hydrogen) atoms. The molecule has 0 aliphatic carbocycles. The molecular weight excluding hydrogens is 156 g/mol. The van der Waals surface area contributed by atoms with Gasteiger partial charge in [-0.1, -0.05) is 25.8 Å². The van der Waals surface area contributed by atoms with Crippen molar-refractivity contribution in [3.05, 3.63) is 12.7 Å². The summed E-state index contributed by atoms with van der Waals surface area (Å²) >= 11 is 0. The quantitative estimate of drug-likeness (QED) is 0.348. The molecule has 0 aromatic rings. The van der Waals surface area contributed by atoms with Gasteiger partial charge < -0.3 is 14.9 Å². The zero-order valence-corrected chi connectivity index (χ0v) is 7.62. The van der Waals surface area contributed by atoms with Gasteiger partial charge in [0.25, 0.3) is 5.97 Å². The fourth-order valence-electron chi connectivity index (χ4n) is 0.870. The molecule has 0 radical (unpaired) electrons. The van der Waals surface area contributed by atoms with Gasteiger partial charge >= 0.3 is 0 Å². The molecule has 2 N–H and O–H groups in total. The highest BCUT2D eigenvalue weighted by Gasteiger charge is 2.21. The Bertz CT molecular complexity index is 121. The van der Waals surface area contributed by atoms with E-state index in [9.17, 15) is 0 Å². The average Bonchev–Trinajstić information content (AvgIpc) is 2.01. The zero-order chi connectivity index (χ0) is 9.45. The molecule has 0 aromatic heterocycles. The van der Waals surface area contributed by atoms with Crippen LogP contribution in [-0.4, -0.2) is 22.8 Å². The molecule has 3 nitrogen and oxygen atoms in total. The van der Waals surface area contributed by atoms with E-state index in [2.05, 4.69) is 13.5 Å². The maximum Gasteiger partial charge on any atom is 0.278 e. The molecule has 0 rings (SSSR count). The van der Waals surface area contributed by atoms with E-state index in [-0.39, 0.29) is 13.0 Å². The molecule has 0 aromatic carbocycles. The monoisotopic (exact) mass is 174 g/mol. The summed E-state index contributed by atoms with van der Waals surface area (Å²) in [4.78, 5) is 0. The SMILES string of the molecule is C=CCOC(O)(O)CCCCC. The van der Waals surface area contributed by atoms with Gasteiger partial charge in [0, 0.05) is 6.42 Å². The van der Waals surface area contributed by atoms with E-state index in [4.69, 9.17) is 14.9 Å². The summed E-state index contributed by atoms with van der Waals surface area (Å²) in [7, 11) is 0. The van der Waals surface area contributed by atoms with Gasteiger partial charge in [-0.05, 0) is 6.42 Å². The van der Waals surface area contributed by atoms with Crippen LogP contribution < -0.4 is 0 Å². The lowest BCUT2D eigenvalue weighted by molar-refractivity contribution is -0.336. The minimum absolute atomic E-state index is 0.166. The molecule has 0 amide bonds. The third-order valence-corrected chi connectivity index (χ3v) is 1.54. The minimum atomic E-state index is -1.97. The number of hydrogen-bond donors (Lipinski definition) is 2.